The van der Waals surface area contributed by atoms with E-state index in [0.717, 1.165) is 66.0 Å². The molecule has 9 rings (SSSR count). The summed E-state index contributed by atoms with van der Waals surface area (Å²) < 4.78 is 10.4. The summed E-state index contributed by atoms with van der Waals surface area (Å²) in [6.45, 7) is 0. The molecular weight excluding hydrogens is 703 g/mol. The van der Waals surface area contributed by atoms with Crippen molar-refractivity contribution in [3.05, 3.63) is 122 Å². The molecule has 0 aliphatic carbocycles. The predicted octanol–water partition coefficient (Wildman–Crippen LogP) is 7.44. The van der Waals surface area contributed by atoms with Gasteiger partial charge in [-0.1, -0.05) is 94.3 Å². The zero-order valence-corrected chi connectivity index (χ0v) is 24.1. The molecule has 0 N–H and O–H groups in total. The summed E-state index contributed by atoms with van der Waals surface area (Å²) in [4.78, 5) is 18.4. The zero-order chi connectivity index (χ0) is 26.9. The average Bonchev–Trinajstić information content (AvgIpc) is 3.73. The number of benzene rings is 4. The third-order valence-corrected chi connectivity index (χ3v) is 7.60. The van der Waals surface area contributed by atoms with Gasteiger partial charge in [-0.3, -0.25) is 15.0 Å². The van der Waals surface area contributed by atoms with E-state index in [9.17, 15) is 0 Å². The fourth-order valence-corrected chi connectivity index (χ4v) is 5.86. The van der Waals surface area contributed by atoms with Crippen molar-refractivity contribution in [2.75, 3.05) is 0 Å². The van der Waals surface area contributed by atoms with Crippen molar-refractivity contribution in [2.24, 2.45) is 0 Å². The van der Waals surface area contributed by atoms with Crippen LogP contribution in [-0.4, -0.2) is 28.7 Å². The summed E-state index contributed by atoms with van der Waals surface area (Å²) in [5.41, 5.74) is 6.55. The van der Waals surface area contributed by atoms with Crippen LogP contribution < -0.4 is 4.74 Å². The van der Waals surface area contributed by atoms with Crippen LogP contribution in [0.25, 0.3) is 66.0 Å². The van der Waals surface area contributed by atoms with Gasteiger partial charge in [-0.05, 0) is 10.9 Å². The Labute approximate surface area is 253 Å². The second-order valence-corrected chi connectivity index (χ2v) is 9.86. The van der Waals surface area contributed by atoms with Crippen molar-refractivity contribution in [1.82, 2.24) is 28.7 Å². The van der Waals surface area contributed by atoms with Crippen molar-refractivity contribution in [3.8, 4) is 22.6 Å². The Bertz CT molecular complexity index is 2470. The quantitative estimate of drug-likeness (QED) is 0.140. The van der Waals surface area contributed by atoms with Crippen LogP contribution in [0, 0.1) is 12.1 Å². The minimum Gasteiger partial charge on any atom is -0.497 e. The summed E-state index contributed by atoms with van der Waals surface area (Å²) in [6.07, 6.45) is 10.9. The molecule has 0 saturated heterocycles. The number of ether oxygens (including phenoxy) is 1. The number of fused-ring (bicyclic) bond motifs is 12. The number of nitrogens with zero attached hydrogens (tertiary/aromatic N) is 6. The Morgan fingerprint density at radius 3 is 2.02 bits per heavy atom. The van der Waals surface area contributed by atoms with Gasteiger partial charge in [0.2, 0.25) is 0 Å². The zero-order valence-electron chi connectivity index (χ0n) is 21.8. The third kappa shape index (κ3) is 3.57. The molecule has 0 fully saturated rings. The molecule has 0 unspecified atom stereocenters. The van der Waals surface area contributed by atoms with Gasteiger partial charge < -0.3 is 13.5 Å². The molecule has 0 spiro atoms. The van der Waals surface area contributed by atoms with E-state index in [1.165, 1.54) is 0 Å². The van der Waals surface area contributed by atoms with E-state index in [2.05, 4.69) is 80.0 Å². The molecule has 0 saturated carbocycles. The van der Waals surface area contributed by atoms with Crippen LogP contribution in [0.2, 0.25) is 0 Å². The van der Waals surface area contributed by atoms with Crippen molar-refractivity contribution >= 4 is 54.9 Å². The Hall–Kier alpha value is -5.13. The van der Waals surface area contributed by atoms with Crippen LogP contribution in [0.1, 0.15) is 0 Å². The summed E-state index contributed by atoms with van der Waals surface area (Å²) >= 11 is 0. The fraction of sp³-hybridized carbons (Fsp3) is 0. The predicted molar refractivity (Wildman–Crippen MR) is 159 cm³/mol. The smallest absolute Gasteiger partial charge is 0.497 e. The van der Waals surface area contributed by atoms with Gasteiger partial charge in [0.15, 0.2) is 0 Å². The van der Waals surface area contributed by atoms with Gasteiger partial charge in [0.05, 0.1) is 16.8 Å². The van der Waals surface area contributed by atoms with E-state index in [1.54, 1.807) is 18.6 Å². The molecule has 8 heteroatoms. The molecule has 7 nitrogen and oxygen atoms in total. The molecule has 5 aromatic heterocycles. The van der Waals surface area contributed by atoms with Crippen molar-refractivity contribution in [1.29, 1.82) is 0 Å². The number of pyridine rings is 2. The van der Waals surface area contributed by atoms with Gasteiger partial charge in [0.1, 0.15) is 5.65 Å². The fourth-order valence-electron chi connectivity index (χ4n) is 5.86. The number of aromatic nitrogens is 6. The first-order valence-corrected chi connectivity index (χ1v) is 13.2. The van der Waals surface area contributed by atoms with Crippen LogP contribution in [-0.2, 0) is 21.1 Å². The van der Waals surface area contributed by atoms with Crippen LogP contribution in [0.5, 0.6) is 11.5 Å². The molecule has 0 amide bonds. The summed E-state index contributed by atoms with van der Waals surface area (Å²) in [5, 5.41) is 4.82. The molecule has 200 valence electrons. The first-order chi connectivity index (χ1) is 20.3. The third-order valence-electron chi connectivity index (χ3n) is 7.60. The Morgan fingerprint density at radius 2 is 1.21 bits per heavy atom. The maximum Gasteiger partial charge on any atom is 2.00 e. The molecule has 42 heavy (non-hydrogen) atoms. The Morgan fingerprint density at radius 1 is 0.548 bits per heavy atom. The van der Waals surface area contributed by atoms with Crippen molar-refractivity contribution < 1.29 is 25.8 Å². The van der Waals surface area contributed by atoms with Crippen molar-refractivity contribution in [2.45, 2.75) is 0 Å². The molecule has 0 aliphatic rings. The van der Waals surface area contributed by atoms with Gasteiger partial charge >= 0.3 is 21.1 Å². The largest absolute Gasteiger partial charge is 2.00 e. The van der Waals surface area contributed by atoms with Gasteiger partial charge in [-0.2, -0.15) is 0 Å². The monoisotopic (exact) mass is 721 g/mol. The topological polar surface area (TPSA) is 69.6 Å². The van der Waals surface area contributed by atoms with E-state index in [4.69, 9.17) is 9.72 Å². The van der Waals surface area contributed by atoms with Gasteiger partial charge in [-0.15, -0.1) is 12.1 Å². The molecule has 0 aliphatic heterocycles. The number of imidazole rings is 2. The molecule has 4 aromatic carbocycles. The summed E-state index contributed by atoms with van der Waals surface area (Å²) in [6, 6.07) is 31.7. The van der Waals surface area contributed by atoms with Gasteiger partial charge in [0, 0.05) is 59.8 Å². The second kappa shape index (κ2) is 9.47. The normalized spacial score (nSPS) is 11.6. The number of hydrogen-bond donors (Lipinski definition) is 0. The van der Waals surface area contributed by atoms with E-state index in [0.29, 0.717) is 11.5 Å². The molecule has 5 heterocycles. The molecule has 0 bridgehead atoms. The van der Waals surface area contributed by atoms with E-state index >= 15 is 0 Å². The maximum atomic E-state index is 6.34. The molecule has 0 radical (unpaired) electrons. The first-order valence-electron chi connectivity index (χ1n) is 13.2. The van der Waals surface area contributed by atoms with E-state index in [-0.39, 0.29) is 21.1 Å². The van der Waals surface area contributed by atoms with Crippen molar-refractivity contribution in [3.63, 3.8) is 0 Å². The average molecular weight is 722 g/mol. The molecule has 0 atom stereocenters. The first kappa shape index (κ1) is 24.6. The van der Waals surface area contributed by atoms with E-state index in [1.807, 2.05) is 47.3 Å². The maximum absolute atomic E-state index is 6.34. The number of hydrogen-bond acceptors (Lipinski definition) is 5. The summed E-state index contributed by atoms with van der Waals surface area (Å²) in [7, 11) is 0. The minimum atomic E-state index is 0. The molecule has 9 aromatic rings. The Kier molecular flexibility index (Phi) is 5.56. The minimum absolute atomic E-state index is 0. The van der Waals surface area contributed by atoms with Gasteiger partial charge in [0.25, 0.3) is 0 Å². The number of rotatable bonds is 3. The molecular formula is C34H18N6OPt. The van der Waals surface area contributed by atoms with Crippen LogP contribution >= 0.6 is 0 Å². The second-order valence-electron chi connectivity index (χ2n) is 9.86. The number of para-hydroxylation sites is 1. The Balaban J connectivity index is 0.00000267. The standard InChI is InChI=1S/C34H18N6O.Pt/c1-2-5-21(6-3-1)24-7-4-8-27-25-11-9-22(19-28(25)32-37-15-17-39(32)31(24)27)41-23-10-12-26-29(20-23)33-38-16-18-40(33)34-30(26)35-13-14-36-34;/h1-18H;/q-2;+2. The van der Waals surface area contributed by atoms with E-state index < -0.39 is 0 Å². The van der Waals surface area contributed by atoms with Crippen LogP contribution in [0.15, 0.2) is 110 Å². The SMILES string of the molecule is [Pt+2].[c-]1c(Oc2[c-]c3c(cc2)c2cccc(-c4ccccc4)c2n2ccnc32)ccc2c1c1nccn1c1nccnc21. The van der Waals surface area contributed by atoms with Gasteiger partial charge in [-0.25, -0.2) is 4.98 Å². The van der Waals surface area contributed by atoms with Crippen LogP contribution in [0.3, 0.4) is 0 Å². The summed E-state index contributed by atoms with van der Waals surface area (Å²) in [5.74, 6) is 1.14. The van der Waals surface area contributed by atoms with Crippen LogP contribution in [0.4, 0.5) is 0 Å².